The summed E-state index contributed by atoms with van der Waals surface area (Å²) in [4.78, 5) is 30.7. The van der Waals surface area contributed by atoms with Gasteiger partial charge in [-0.1, -0.05) is 30.3 Å². The van der Waals surface area contributed by atoms with Gasteiger partial charge in [-0.2, -0.15) is 0 Å². The van der Waals surface area contributed by atoms with Gasteiger partial charge in [-0.25, -0.2) is 4.79 Å². The number of ether oxygens (including phenoxy) is 1. The van der Waals surface area contributed by atoms with Crippen molar-refractivity contribution in [3.05, 3.63) is 35.9 Å². The van der Waals surface area contributed by atoms with Gasteiger partial charge in [-0.05, 0) is 57.8 Å². The normalized spacial score (nSPS) is 18.9. The molecule has 2 heterocycles. The van der Waals surface area contributed by atoms with Crippen LogP contribution in [0.25, 0.3) is 0 Å². The zero-order chi connectivity index (χ0) is 19.8. The summed E-state index contributed by atoms with van der Waals surface area (Å²) < 4.78 is 5.04. The highest BCUT2D eigenvalue weighted by atomic mass is 16.6. The zero-order valence-corrected chi connectivity index (χ0v) is 17.0. The van der Waals surface area contributed by atoms with Gasteiger partial charge in [-0.3, -0.25) is 4.79 Å². The molecule has 2 amide bonds. The monoisotopic (exact) mass is 387 g/mol. The van der Waals surface area contributed by atoms with Gasteiger partial charge >= 0.3 is 6.09 Å². The van der Waals surface area contributed by atoms with Gasteiger partial charge in [-0.15, -0.1) is 0 Å². The summed E-state index contributed by atoms with van der Waals surface area (Å²) in [5.41, 5.74) is 1.40. The van der Waals surface area contributed by atoms with Crippen LogP contribution in [0, 0.1) is 5.92 Å². The number of hydrogen-bond donors (Lipinski definition) is 0. The molecule has 2 aliphatic heterocycles. The van der Waals surface area contributed by atoms with Crippen molar-refractivity contribution in [2.24, 2.45) is 5.92 Å². The Morgan fingerprint density at radius 1 is 0.964 bits per heavy atom. The fraction of sp³-hybridized carbons (Fsp3) is 0.636. The highest BCUT2D eigenvalue weighted by Gasteiger charge is 2.31. The maximum absolute atomic E-state index is 12.8. The van der Waals surface area contributed by atoms with Crippen molar-refractivity contribution < 1.29 is 14.3 Å². The van der Waals surface area contributed by atoms with E-state index in [9.17, 15) is 9.59 Å². The third-order valence-corrected chi connectivity index (χ3v) is 5.84. The summed E-state index contributed by atoms with van der Waals surface area (Å²) >= 11 is 0. The smallest absolute Gasteiger partial charge is 0.409 e. The van der Waals surface area contributed by atoms with Crippen molar-refractivity contribution in [3.63, 3.8) is 0 Å². The van der Waals surface area contributed by atoms with Gasteiger partial charge < -0.3 is 19.4 Å². The summed E-state index contributed by atoms with van der Waals surface area (Å²) in [6.45, 7) is 7.71. The molecule has 0 N–H and O–H groups in total. The van der Waals surface area contributed by atoms with Crippen LogP contribution in [-0.2, 0) is 16.0 Å². The number of rotatable bonds is 6. The number of hydrogen-bond acceptors (Lipinski definition) is 4. The molecule has 2 saturated heterocycles. The second-order valence-corrected chi connectivity index (χ2v) is 7.72. The highest BCUT2D eigenvalue weighted by Crippen LogP contribution is 2.21. The largest absolute Gasteiger partial charge is 0.450 e. The minimum atomic E-state index is -0.265. The molecule has 3 rings (SSSR count). The average Bonchev–Trinajstić information content (AvgIpc) is 2.75. The number of nitrogens with zero attached hydrogens (tertiary/aromatic N) is 3. The van der Waals surface area contributed by atoms with E-state index in [0.29, 0.717) is 32.8 Å². The number of carbonyl (C=O) groups excluding carboxylic acids is 2. The Labute approximate surface area is 168 Å². The quantitative estimate of drug-likeness (QED) is 0.753. The fourth-order valence-electron chi connectivity index (χ4n) is 4.14. The lowest BCUT2D eigenvalue weighted by Crippen LogP contribution is -2.53. The van der Waals surface area contributed by atoms with Crippen LogP contribution in [0.2, 0.25) is 0 Å². The molecule has 0 bridgehead atoms. The lowest BCUT2D eigenvalue weighted by atomic mass is 9.94. The van der Waals surface area contributed by atoms with Gasteiger partial charge in [0.1, 0.15) is 0 Å². The van der Waals surface area contributed by atoms with E-state index in [1.54, 1.807) is 4.90 Å². The number of benzene rings is 1. The maximum atomic E-state index is 12.8. The molecular weight excluding hydrogens is 354 g/mol. The maximum Gasteiger partial charge on any atom is 0.409 e. The molecule has 0 atom stereocenters. The van der Waals surface area contributed by atoms with Crippen LogP contribution >= 0.6 is 0 Å². The first-order chi connectivity index (χ1) is 13.7. The molecule has 0 aromatic heterocycles. The van der Waals surface area contributed by atoms with Gasteiger partial charge in [0.25, 0.3) is 0 Å². The standard InChI is InChI=1S/C22H33N3O3/c1-2-28-22(27)25-17-15-24(16-18-25)21(26)20-10-13-23(14-11-20)12-6-9-19-7-4-3-5-8-19/h3-5,7-8,20H,2,6,9-18H2,1H3. The molecule has 0 aliphatic carbocycles. The lowest BCUT2D eigenvalue weighted by Gasteiger charge is -2.38. The Kier molecular flexibility index (Phi) is 7.71. The van der Waals surface area contributed by atoms with Crippen molar-refractivity contribution >= 4 is 12.0 Å². The Bertz CT molecular complexity index is 621. The Morgan fingerprint density at radius 2 is 1.61 bits per heavy atom. The first-order valence-corrected chi connectivity index (χ1v) is 10.6. The van der Waals surface area contributed by atoms with E-state index in [0.717, 1.165) is 38.9 Å². The van der Waals surface area contributed by atoms with E-state index in [-0.39, 0.29) is 17.9 Å². The van der Waals surface area contributed by atoms with E-state index in [1.165, 1.54) is 12.0 Å². The van der Waals surface area contributed by atoms with Crippen LogP contribution in [0.1, 0.15) is 31.7 Å². The molecule has 6 heteroatoms. The van der Waals surface area contributed by atoms with Gasteiger partial charge in [0.2, 0.25) is 5.91 Å². The predicted molar refractivity (Wildman–Crippen MR) is 109 cm³/mol. The molecule has 1 aromatic rings. The number of carbonyl (C=O) groups is 2. The van der Waals surface area contributed by atoms with Crippen LogP contribution in [0.3, 0.4) is 0 Å². The molecule has 0 spiro atoms. The first-order valence-electron chi connectivity index (χ1n) is 10.6. The third-order valence-electron chi connectivity index (χ3n) is 5.84. The molecule has 0 radical (unpaired) electrons. The SMILES string of the molecule is CCOC(=O)N1CCN(C(=O)C2CCN(CCCc3ccccc3)CC2)CC1. The van der Waals surface area contributed by atoms with Gasteiger partial charge in [0.15, 0.2) is 0 Å². The molecule has 0 saturated carbocycles. The van der Waals surface area contributed by atoms with E-state index in [2.05, 4.69) is 35.2 Å². The molecule has 28 heavy (non-hydrogen) atoms. The van der Waals surface area contributed by atoms with Crippen molar-refractivity contribution in [2.75, 3.05) is 52.4 Å². The van der Waals surface area contributed by atoms with E-state index >= 15 is 0 Å². The summed E-state index contributed by atoms with van der Waals surface area (Å²) in [6.07, 6.45) is 3.91. The predicted octanol–water partition coefficient (Wildman–Crippen LogP) is 2.63. The van der Waals surface area contributed by atoms with E-state index < -0.39 is 0 Å². The second-order valence-electron chi connectivity index (χ2n) is 7.72. The Morgan fingerprint density at radius 3 is 2.25 bits per heavy atom. The minimum Gasteiger partial charge on any atom is -0.450 e. The topological polar surface area (TPSA) is 53.1 Å². The van der Waals surface area contributed by atoms with Crippen LogP contribution in [0.15, 0.2) is 30.3 Å². The van der Waals surface area contributed by atoms with Crippen molar-refractivity contribution in [2.45, 2.75) is 32.6 Å². The number of likely N-dealkylation sites (tertiary alicyclic amines) is 1. The van der Waals surface area contributed by atoms with Crippen LogP contribution in [-0.4, -0.2) is 79.1 Å². The zero-order valence-electron chi connectivity index (χ0n) is 17.0. The van der Waals surface area contributed by atoms with Crippen molar-refractivity contribution in [1.29, 1.82) is 0 Å². The van der Waals surface area contributed by atoms with Crippen LogP contribution < -0.4 is 0 Å². The average molecular weight is 388 g/mol. The van der Waals surface area contributed by atoms with Crippen LogP contribution in [0.4, 0.5) is 4.79 Å². The molecule has 0 unspecified atom stereocenters. The summed E-state index contributed by atoms with van der Waals surface area (Å²) in [5.74, 6) is 0.409. The number of piperidine rings is 1. The second kappa shape index (κ2) is 10.5. The van der Waals surface area contributed by atoms with Crippen molar-refractivity contribution in [3.8, 4) is 0 Å². The molecule has 154 valence electrons. The summed E-state index contributed by atoms with van der Waals surface area (Å²) in [6, 6.07) is 10.6. The number of piperazine rings is 1. The third kappa shape index (κ3) is 5.71. The minimum absolute atomic E-state index is 0.138. The number of aryl methyl sites for hydroxylation is 1. The van der Waals surface area contributed by atoms with Crippen LogP contribution in [0.5, 0.6) is 0 Å². The Balaban J connectivity index is 1.34. The molecule has 1 aromatic carbocycles. The molecule has 6 nitrogen and oxygen atoms in total. The number of amides is 2. The highest BCUT2D eigenvalue weighted by molar-refractivity contribution is 5.79. The molecular formula is C22H33N3O3. The van der Waals surface area contributed by atoms with E-state index in [1.807, 2.05) is 11.8 Å². The fourth-order valence-corrected chi connectivity index (χ4v) is 4.14. The molecule has 2 fully saturated rings. The summed E-state index contributed by atoms with van der Waals surface area (Å²) in [7, 11) is 0. The van der Waals surface area contributed by atoms with Crippen molar-refractivity contribution in [1.82, 2.24) is 14.7 Å². The van der Waals surface area contributed by atoms with Gasteiger partial charge in [0, 0.05) is 32.1 Å². The molecule has 2 aliphatic rings. The van der Waals surface area contributed by atoms with Gasteiger partial charge in [0.05, 0.1) is 6.61 Å². The lowest BCUT2D eigenvalue weighted by molar-refractivity contribution is -0.138. The Hall–Kier alpha value is -2.08. The summed E-state index contributed by atoms with van der Waals surface area (Å²) in [5, 5.41) is 0. The van der Waals surface area contributed by atoms with E-state index in [4.69, 9.17) is 4.74 Å². The first kappa shape index (κ1) is 20.6.